The Kier molecular flexibility index (Phi) is 10.2. The summed E-state index contributed by atoms with van der Waals surface area (Å²) >= 11 is 6.29. The minimum atomic E-state index is -0.777. The molecule has 1 N–H and O–H groups in total. The zero-order chi connectivity index (χ0) is 33.2. The highest BCUT2D eigenvalue weighted by atomic mass is 35.5. The average Bonchev–Trinajstić information content (AvgIpc) is 3.06. The van der Waals surface area contributed by atoms with Crippen molar-refractivity contribution in [1.29, 1.82) is 0 Å². The summed E-state index contributed by atoms with van der Waals surface area (Å²) in [6.45, 7) is 7.29. The third-order valence-corrected chi connectivity index (χ3v) is 10.3. The van der Waals surface area contributed by atoms with Gasteiger partial charge in [-0.1, -0.05) is 23.7 Å². The molecule has 3 aliphatic rings. The monoisotopic (exact) mass is 661 g/mol. The van der Waals surface area contributed by atoms with E-state index < -0.39 is 6.23 Å². The number of methoxy groups -OCH3 is 1. The van der Waals surface area contributed by atoms with Crippen LogP contribution in [0.3, 0.4) is 0 Å². The first-order chi connectivity index (χ1) is 22.6. The van der Waals surface area contributed by atoms with E-state index in [1.54, 1.807) is 7.11 Å². The van der Waals surface area contributed by atoms with E-state index >= 15 is 0 Å². The molecular weight excluding hydrogens is 614 g/mol. The van der Waals surface area contributed by atoms with Gasteiger partial charge in [-0.15, -0.1) is 0 Å². The smallest absolute Gasteiger partial charge is 0.236 e. The summed E-state index contributed by atoms with van der Waals surface area (Å²) in [5.74, 6) is 3.07. The highest BCUT2D eigenvalue weighted by molar-refractivity contribution is 6.30. The van der Waals surface area contributed by atoms with Crippen LogP contribution in [-0.2, 0) is 11.2 Å². The van der Waals surface area contributed by atoms with E-state index in [0.717, 1.165) is 73.5 Å². The molecule has 3 aromatic rings. The zero-order valence-electron chi connectivity index (χ0n) is 28.2. The fraction of sp³-hybridized carbons (Fsp3) is 0.514. The number of aromatic nitrogens is 1. The number of ether oxygens (including phenoxy) is 2. The Hall–Kier alpha value is -3.53. The number of nitrogens with zero attached hydrogens (tertiary/aromatic N) is 5. The molecule has 47 heavy (non-hydrogen) atoms. The van der Waals surface area contributed by atoms with Crippen molar-refractivity contribution in [1.82, 2.24) is 14.8 Å². The van der Waals surface area contributed by atoms with Crippen LogP contribution in [0.5, 0.6) is 11.5 Å². The predicted octanol–water partition coefficient (Wildman–Crippen LogP) is 5.77. The number of aliphatic hydroxyl groups is 1. The molecule has 2 aliphatic heterocycles. The standard InChI is InChI=1S/C37H48ClN5O4/c1-24(2)47-33-20-31-27(18-32(33)46-5)19-35(44)43(37(31)26-8-10-28(38)11-9-26)30-14-15-34(39-21-30)41(4)22-25-6-12-29(13-7-25)42-17-16-40(3)36(45)23-42/h8-11,14-15,18,20-21,24-25,29,35,37,44H,6-7,12-13,16-17,19,22-23H2,1-5H3/t25?,29?,35?,37-/m0/s1. The SMILES string of the molecule is COc1cc2c(cc1OC(C)C)[C@H](c1ccc(Cl)cc1)N(c1ccc(N(C)CC3CCC(N4CCN(C)C(=O)C4)CC3)nc1)C(O)C2. The summed E-state index contributed by atoms with van der Waals surface area (Å²) in [6.07, 6.45) is 6.10. The van der Waals surface area contributed by atoms with Crippen LogP contribution in [0.4, 0.5) is 11.5 Å². The van der Waals surface area contributed by atoms with E-state index in [2.05, 4.69) is 35.0 Å². The Bertz CT molecular complexity index is 1530. The van der Waals surface area contributed by atoms with E-state index in [9.17, 15) is 9.90 Å². The highest BCUT2D eigenvalue weighted by Crippen LogP contribution is 2.45. The van der Waals surface area contributed by atoms with E-state index in [1.165, 1.54) is 0 Å². The quantitative estimate of drug-likeness (QED) is 0.310. The van der Waals surface area contributed by atoms with Crippen molar-refractivity contribution in [3.8, 4) is 11.5 Å². The summed E-state index contributed by atoms with van der Waals surface area (Å²) in [4.78, 5) is 25.6. The van der Waals surface area contributed by atoms with Gasteiger partial charge in [-0.3, -0.25) is 9.69 Å². The number of benzene rings is 2. The number of rotatable bonds is 9. The fourth-order valence-corrected chi connectivity index (χ4v) is 7.62. The van der Waals surface area contributed by atoms with Gasteiger partial charge in [0.25, 0.3) is 0 Å². The lowest BCUT2D eigenvalue weighted by atomic mass is 9.84. The van der Waals surface area contributed by atoms with Crippen molar-refractivity contribution < 1.29 is 19.4 Å². The van der Waals surface area contributed by atoms with Crippen molar-refractivity contribution in [2.75, 3.05) is 57.2 Å². The normalized spacial score (nSPS) is 23.5. The topological polar surface area (TPSA) is 81.6 Å². The van der Waals surface area contributed by atoms with Crippen LogP contribution in [0.2, 0.25) is 5.02 Å². The highest BCUT2D eigenvalue weighted by Gasteiger charge is 2.37. The zero-order valence-corrected chi connectivity index (χ0v) is 29.0. The first-order valence-electron chi connectivity index (χ1n) is 16.9. The molecule has 3 heterocycles. The number of aliphatic hydroxyl groups excluding tert-OH is 1. The van der Waals surface area contributed by atoms with E-state index in [-0.39, 0.29) is 18.1 Å². The number of carbonyl (C=O) groups is 1. The van der Waals surface area contributed by atoms with Gasteiger partial charge in [0.1, 0.15) is 12.0 Å². The Morgan fingerprint density at radius 2 is 1.79 bits per heavy atom. The summed E-state index contributed by atoms with van der Waals surface area (Å²) in [5, 5.41) is 12.3. The second kappa shape index (κ2) is 14.3. The molecule has 1 amide bonds. The second-order valence-corrected chi connectivity index (χ2v) is 14.1. The van der Waals surface area contributed by atoms with Gasteiger partial charge < -0.3 is 29.3 Å². The van der Waals surface area contributed by atoms with E-state index in [1.807, 2.05) is 67.2 Å². The van der Waals surface area contributed by atoms with Gasteiger partial charge in [0.15, 0.2) is 11.5 Å². The molecule has 9 nitrogen and oxygen atoms in total. The van der Waals surface area contributed by atoms with Gasteiger partial charge in [-0.25, -0.2) is 4.98 Å². The van der Waals surface area contributed by atoms with Crippen LogP contribution in [0, 0.1) is 5.92 Å². The summed E-state index contributed by atoms with van der Waals surface area (Å²) in [6, 6.07) is 16.2. The molecule has 2 atom stereocenters. The number of hydrogen-bond acceptors (Lipinski definition) is 8. The van der Waals surface area contributed by atoms with Crippen LogP contribution in [0.15, 0.2) is 54.7 Å². The van der Waals surface area contributed by atoms with Gasteiger partial charge >= 0.3 is 0 Å². The maximum Gasteiger partial charge on any atom is 0.236 e. The molecule has 252 valence electrons. The third kappa shape index (κ3) is 7.32. The molecule has 1 unspecified atom stereocenters. The number of pyridine rings is 1. The summed E-state index contributed by atoms with van der Waals surface area (Å²) < 4.78 is 11.8. The first-order valence-corrected chi connectivity index (χ1v) is 17.2. The number of anilines is 2. The molecule has 0 bridgehead atoms. The number of fused-ring (bicyclic) bond motifs is 1. The number of likely N-dealkylation sites (N-methyl/N-ethyl adjacent to an activating group) is 1. The molecule has 10 heteroatoms. The van der Waals surface area contributed by atoms with E-state index in [0.29, 0.717) is 41.4 Å². The number of carbonyl (C=O) groups excluding carboxylic acids is 1. The van der Waals surface area contributed by atoms with Gasteiger partial charge in [0.2, 0.25) is 5.91 Å². The van der Waals surface area contributed by atoms with Crippen LogP contribution < -0.4 is 19.3 Å². The first kappa shape index (κ1) is 33.4. The molecule has 1 saturated carbocycles. The fourth-order valence-electron chi connectivity index (χ4n) is 7.50. The predicted molar refractivity (Wildman–Crippen MR) is 187 cm³/mol. The van der Waals surface area contributed by atoms with Crippen molar-refractivity contribution in [2.24, 2.45) is 5.92 Å². The lowest BCUT2D eigenvalue weighted by molar-refractivity contribution is -0.135. The Labute approximate surface area is 284 Å². The molecule has 1 aliphatic carbocycles. The Morgan fingerprint density at radius 3 is 2.43 bits per heavy atom. The van der Waals surface area contributed by atoms with Gasteiger partial charge in [0, 0.05) is 51.2 Å². The van der Waals surface area contributed by atoms with Crippen molar-refractivity contribution in [2.45, 2.75) is 70.4 Å². The van der Waals surface area contributed by atoms with Crippen molar-refractivity contribution in [3.63, 3.8) is 0 Å². The van der Waals surface area contributed by atoms with E-state index in [4.69, 9.17) is 26.1 Å². The largest absolute Gasteiger partial charge is 0.493 e. The third-order valence-electron chi connectivity index (χ3n) is 10.0. The number of piperazine rings is 1. The number of halogens is 1. The summed E-state index contributed by atoms with van der Waals surface area (Å²) in [5.41, 5.74) is 3.91. The minimum absolute atomic E-state index is 0.0207. The lowest BCUT2D eigenvalue weighted by Crippen LogP contribution is -2.53. The number of hydrogen-bond donors (Lipinski definition) is 1. The number of amides is 1. The molecule has 0 spiro atoms. The lowest BCUT2D eigenvalue weighted by Gasteiger charge is -2.43. The molecule has 2 aromatic carbocycles. The maximum absolute atomic E-state index is 12.2. The maximum atomic E-state index is 12.2. The minimum Gasteiger partial charge on any atom is -0.493 e. The molecule has 1 saturated heterocycles. The summed E-state index contributed by atoms with van der Waals surface area (Å²) in [7, 11) is 5.65. The van der Waals surface area contributed by atoms with Crippen LogP contribution in [0.1, 0.15) is 62.3 Å². The van der Waals surface area contributed by atoms with Gasteiger partial charge in [0.05, 0.1) is 37.7 Å². The van der Waals surface area contributed by atoms with Crippen LogP contribution in [-0.4, -0.2) is 91.6 Å². The van der Waals surface area contributed by atoms with Crippen molar-refractivity contribution >= 4 is 29.0 Å². The molecule has 1 aromatic heterocycles. The van der Waals surface area contributed by atoms with Crippen LogP contribution >= 0.6 is 11.6 Å². The molecule has 2 fully saturated rings. The Morgan fingerprint density at radius 1 is 1.04 bits per heavy atom. The molecule has 0 radical (unpaired) electrons. The second-order valence-electron chi connectivity index (χ2n) is 13.6. The van der Waals surface area contributed by atoms with Crippen molar-refractivity contribution in [3.05, 3.63) is 76.4 Å². The average molecular weight is 662 g/mol. The Balaban J connectivity index is 1.19. The van der Waals surface area contributed by atoms with Gasteiger partial charge in [-0.05, 0) is 98.5 Å². The molecular formula is C37H48ClN5O4. The van der Waals surface area contributed by atoms with Gasteiger partial charge in [-0.2, -0.15) is 0 Å². The van der Waals surface area contributed by atoms with Crippen LogP contribution in [0.25, 0.3) is 0 Å². The molecule has 6 rings (SSSR count).